The highest BCUT2D eigenvalue weighted by Crippen LogP contribution is 2.55. The van der Waals surface area contributed by atoms with Crippen LogP contribution < -0.4 is 10.8 Å². The smallest absolute Gasteiger partial charge is 0.0821 e. The van der Waals surface area contributed by atoms with Gasteiger partial charge >= 0.3 is 0 Å². The van der Waals surface area contributed by atoms with Gasteiger partial charge < -0.3 is 5.32 Å². The molecule has 0 amide bonds. The summed E-state index contributed by atoms with van der Waals surface area (Å²) in [6, 6.07) is 1.70. The van der Waals surface area contributed by atoms with Gasteiger partial charge in [-0.05, 0) is 74.5 Å². The standard InChI is InChI=1S/C18H30N2O/c1-2-4-14-12(3-1)18-15(20-14)7-5-11-6-8-16-13(17(11)18)9-10-19-21-16/h11-20H,1-10H2. The first kappa shape index (κ1) is 13.3. The maximum absolute atomic E-state index is 5.94. The van der Waals surface area contributed by atoms with Crippen LogP contribution in [0.15, 0.2) is 0 Å². The maximum atomic E-state index is 5.94. The molecule has 8 unspecified atom stereocenters. The summed E-state index contributed by atoms with van der Waals surface area (Å²) in [6.07, 6.45) is 13.4. The second-order valence-electron chi connectivity index (χ2n) is 8.40. The fourth-order valence-electron chi connectivity index (χ4n) is 6.97. The lowest BCUT2D eigenvalue weighted by Gasteiger charge is -2.52. The van der Waals surface area contributed by atoms with Crippen LogP contribution in [0.1, 0.15) is 57.8 Å². The molecule has 118 valence electrons. The molecule has 0 aromatic rings. The highest BCUT2D eigenvalue weighted by molar-refractivity contribution is 5.08. The van der Waals surface area contributed by atoms with Crippen molar-refractivity contribution in [1.29, 1.82) is 0 Å². The van der Waals surface area contributed by atoms with E-state index in [1.807, 2.05) is 0 Å². The van der Waals surface area contributed by atoms with Crippen LogP contribution in [-0.4, -0.2) is 24.7 Å². The lowest BCUT2D eigenvalue weighted by atomic mass is 9.55. The zero-order chi connectivity index (χ0) is 13.8. The molecule has 5 fully saturated rings. The number of hydrogen-bond acceptors (Lipinski definition) is 3. The SMILES string of the molecule is C1CCC2C(C1)NC1CCC3CCC4ONCCC4C3C12. The van der Waals surface area contributed by atoms with Crippen LogP contribution in [-0.2, 0) is 4.84 Å². The fourth-order valence-corrected chi connectivity index (χ4v) is 6.97. The zero-order valence-electron chi connectivity index (χ0n) is 13.1. The van der Waals surface area contributed by atoms with Crippen LogP contribution in [0, 0.1) is 29.6 Å². The molecule has 0 spiro atoms. The maximum Gasteiger partial charge on any atom is 0.0821 e. The largest absolute Gasteiger partial charge is 0.311 e. The monoisotopic (exact) mass is 290 g/mol. The number of fused-ring (bicyclic) bond motifs is 7. The van der Waals surface area contributed by atoms with Gasteiger partial charge in [0.05, 0.1) is 6.10 Å². The Morgan fingerprint density at radius 1 is 0.714 bits per heavy atom. The van der Waals surface area contributed by atoms with Crippen molar-refractivity contribution in [3.63, 3.8) is 0 Å². The molecule has 8 atom stereocenters. The topological polar surface area (TPSA) is 33.3 Å². The molecule has 3 aliphatic carbocycles. The minimum Gasteiger partial charge on any atom is -0.311 e. The normalized spacial score (nSPS) is 56.0. The Morgan fingerprint density at radius 3 is 2.62 bits per heavy atom. The summed E-state index contributed by atoms with van der Waals surface area (Å²) in [5.74, 6) is 4.79. The Labute approximate surface area is 128 Å². The molecule has 2 heterocycles. The minimum atomic E-state index is 0.515. The summed E-state index contributed by atoms with van der Waals surface area (Å²) in [7, 11) is 0. The molecule has 3 heteroatoms. The van der Waals surface area contributed by atoms with Gasteiger partial charge in [0, 0.05) is 18.6 Å². The fraction of sp³-hybridized carbons (Fsp3) is 1.00. The Bertz CT molecular complexity index is 401. The first-order valence-corrected chi connectivity index (χ1v) is 9.56. The second kappa shape index (κ2) is 5.21. The van der Waals surface area contributed by atoms with E-state index in [0.29, 0.717) is 6.10 Å². The Morgan fingerprint density at radius 2 is 1.62 bits per heavy atom. The van der Waals surface area contributed by atoms with Gasteiger partial charge in [0.2, 0.25) is 0 Å². The van der Waals surface area contributed by atoms with Gasteiger partial charge in [-0.1, -0.05) is 12.8 Å². The zero-order valence-corrected chi connectivity index (χ0v) is 13.1. The molecule has 2 aliphatic heterocycles. The molecular formula is C18H30N2O. The van der Waals surface area contributed by atoms with Gasteiger partial charge in [0.15, 0.2) is 0 Å². The second-order valence-corrected chi connectivity index (χ2v) is 8.40. The Hall–Kier alpha value is -0.120. The van der Waals surface area contributed by atoms with Gasteiger partial charge in [-0.25, -0.2) is 5.48 Å². The predicted octanol–water partition coefficient (Wildman–Crippen LogP) is 2.86. The van der Waals surface area contributed by atoms with Gasteiger partial charge in [-0.3, -0.25) is 4.84 Å². The number of hydrogen-bond donors (Lipinski definition) is 2. The van der Waals surface area contributed by atoms with E-state index >= 15 is 0 Å². The first-order chi connectivity index (χ1) is 10.4. The lowest BCUT2D eigenvalue weighted by molar-refractivity contribution is -0.152. The average Bonchev–Trinajstić information content (AvgIpc) is 2.93. The molecule has 21 heavy (non-hydrogen) atoms. The molecule has 2 saturated heterocycles. The molecule has 0 aromatic heterocycles. The predicted molar refractivity (Wildman–Crippen MR) is 82.6 cm³/mol. The van der Waals surface area contributed by atoms with Gasteiger partial charge in [-0.2, -0.15) is 0 Å². The number of rotatable bonds is 0. The van der Waals surface area contributed by atoms with Crippen LogP contribution in [0.2, 0.25) is 0 Å². The molecule has 3 nitrogen and oxygen atoms in total. The van der Waals surface area contributed by atoms with E-state index in [1.54, 1.807) is 0 Å². The van der Waals surface area contributed by atoms with Crippen LogP contribution >= 0.6 is 0 Å². The summed E-state index contributed by atoms with van der Waals surface area (Å²) in [6.45, 7) is 1.07. The summed E-state index contributed by atoms with van der Waals surface area (Å²) in [5.41, 5.74) is 3.18. The van der Waals surface area contributed by atoms with Crippen molar-refractivity contribution >= 4 is 0 Å². The molecular weight excluding hydrogens is 260 g/mol. The van der Waals surface area contributed by atoms with Crippen molar-refractivity contribution in [2.45, 2.75) is 76.0 Å². The van der Waals surface area contributed by atoms with E-state index in [0.717, 1.165) is 48.2 Å². The van der Waals surface area contributed by atoms with E-state index in [1.165, 1.54) is 57.8 Å². The van der Waals surface area contributed by atoms with Crippen molar-refractivity contribution < 1.29 is 4.84 Å². The van der Waals surface area contributed by atoms with Gasteiger partial charge in [-0.15, -0.1) is 0 Å². The highest BCUT2D eigenvalue weighted by atomic mass is 16.7. The van der Waals surface area contributed by atoms with Crippen molar-refractivity contribution in [1.82, 2.24) is 10.8 Å². The molecule has 0 radical (unpaired) electrons. The molecule has 0 aromatic carbocycles. The Kier molecular flexibility index (Phi) is 3.31. The Balaban J connectivity index is 1.46. The van der Waals surface area contributed by atoms with Gasteiger partial charge in [0.1, 0.15) is 0 Å². The highest BCUT2D eigenvalue weighted by Gasteiger charge is 2.55. The summed E-state index contributed by atoms with van der Waals surface area (Å²) in [4.78, 5) is 5.94. The van der Waals surface area contributed by atoms with E-state index in [4.69, 9.17) is 4.84 Å². The van der Waals surface area contributed by atoms with Crippen LogP contribution in [0.4, 0.5) is 0 Å². The third-order valence-electron chi connectivity index (χ3n) is 7.65. The van der Waals surface area contributed by atoms with Crippen molar-refractivity contribution in [3.05, 3.63) is 0 Å². The summed E-state index contributed by atoms with van der Waals surface area (Å²) < 4.78 is 0. The third-order valence-corrected chi connectivity index (χ3v) is 7.65. The van der Waals surface area contributed by atoms with Gasteiger partial charge in [0.25, 0.3) is 0 Å². The van der Waals surface area contributed by atoms with E-state index < -0.39 is 0 Å². The first-order valence-electron chi connectivity index (χ1n) is 9.56. The molecule has 5 aliphatic rings. The van der Waals surface area contributed by atoms with E-state index in [-0.39, 0.29) is 0 Å². The van der Waals surface area contributed by atoms with Crippen LogP contribution in [0.5, 0.6) is 0 Å². The molecule has 5 rings (SSSR count). The minimum absolute atomic E-state index is 0.515. The molecule has 0 bridgehead atoms. The molecule has 2 N–H and O–H groups in total. The van der Waals surface area contributed by atoms with Crippen molar-refractivity contribution in [2.75, 3.05) is 6.54 Å². The quantitative estimate of drug-likeness (QED) is 0.720. The third kappa shape index (κ3) is 2.04. The van der Waals surface area contributed by atoms with Crippen molar-refractivity contribution in [3.8, 4) is 0 Å². The van der Waals surface area contributed by atoms with Crippen LogP contribution in [0.25, 0.3) is 0 Å². The summed E-state index contributed by atoms with van der Waals surface area (Å²) >= 11 is 0. The molecule has 3 saturated carbocycles. The van der Waals surface area contributed by atoms with E-state index in [9.17, 15) is 0 Å². The lowest BCUT2D eigenvalue weighted by Crippen LogP contribution is -2.53. The number of nitrogens with one attached hydrogen (secondary N) is 2. The van der Waals surface area contributed by atoms with E-state index in [2.05, 4.69) is 10.8 Å². The average molecular weight is 290 g/mol. The van der Waals surface area contributed by atoms with Crippen LogP contribution in [0.3, 0.4) is 0 Å². The number of hydroxylamine groups is 1. The summed E-state index contributed by atoms with van der Waals surface area (Å²) in [5, 5.41) is 4.07. The van der Waals surface area contributed by atoms with Crippen molar-refractivity contribution in [2.24, 2.45) is 29.6 Å².